The maximum atomic E-state index is 12.5. The zero-order chi connectivity index (χ0) is 16.9. The van der Waals surface area contributed by atoms with Crippen molar-refractivity contribution < 1.29 is 9.59 Å². The number of carbonyl (C=O) groups excluding carboxylic acids is 2. The first-order valence-electron chi connectivity index (χ1n) is 8.75. The van der Waals surface area contributed by atoms with Crippen LogP contribution in [0.15, 0.2) is 18.2 Å². The Hall–Kier alpha value is -1.30. The number of amides is 2. The number of piperidine rings is 2. The van der Waals surface area contributed by atoms with Gasteiger partial charge in [-0.2, -0.15) is 0 Å². The molecule has 0 saturated carbocycles. The van der Waals surface area contributed by atoms with Crippen LogP contribution in [0.25, 0.3) is 0 Å². The number of carbonyl (C=O) groups is 2. The number of benzene rings is 1. The van der Waals surface area contributed by atoms with Gasteiger partial charge in [0.15, 0.2) is 0 Å². The molecule has 2 N–H and O–H groups in total. The molecule has 2 aliphatic heterocycles. The average Bonchev–Trinajstić information content (AvgIpc) is 2.63. The molecule has 2 heterocycles. The second-order valence-corrected chi connectivity index (χ2v) is 6.97. The molecule has 3 rings (SSSR count). The average molecular weight is 386 g/mol. The van der Waals surface area contributed by atoms with Gasteiger partial charge in [-0.3, -0.25) is 9.59 Å². The molecule has 0 atom stereocenters. The maximum absolute atomic E-state index is 12.5. The molecule has 0 aromatic heterocycles. The Balaban J connectivity index is 0.00000225. The highest BCUT2D eigenvalue weighted by Crippen LogP contribution is 2.25. The van der Waals surface area contributed by atoms with E-state index in [9.17, 15) is 9.59 Å². The van der Waals surface area contributed by atoms with Gasteiger partial charge in [0.2, 0.25) is 5.91 Å². The van der Waals surface area contributed by atoms with Crippen LogP contribution in [-0.4, -0.2) is 42.9 Å². The zero-order valence-corrected chi connectivity index (χ0v) is 15.8. The monoisotopic (exact) mass is 385 g/mol. The van der Waals surface area contributed by atoms with Crippen molar-refractivity contribution in [2.24, 2.45) is 5.92 Å². The third-order valence-electron chi connectivity index (χ3n) is 4.82. The molecule has 2 fully saturated rings. The standard InChI is InChI=1S/C18H24ClN3O2.ClH/c19-16-12-14(21-17(23)13-6-8-20-9-7-13)4-5-15(16)18(24)22-10-2-1-3-11-22;/h4-5,12-13,20H,1-3,6-11H2,(H,21,23);1H. The molecule has 25 heavy (non-hydrogen) atoms. The van der Waals surface area contributed by atoms with E-state index in [1.807, 2.05) is 4.90 Å². The van der Waals surface area contributed by atoms with Gasteiger partial charge >= 0.3 is 0 Å². The lowest BCUT2D eigenvalue weighted by Gasteiger charge is -2.27. The van der Waals surface area contributed by atoms with E-state index >= 15 is 0 Å². The highest BCUT2D eigenvalue weighted by Gasteiger charge is 2.23. The number of nitrogens with zero attached hydrogens (tertiary/aromatic N) is 1. The maximum Gasteiger partial charge on any atom is 0.255 e. The summed E-state index contributed by atoms with van der Waals surface area (Å²) in [5, 5.41) is 6.57. The minimum atomic E-state index is -0.0177. The topological polar surface area (TPSA) is 61.4 Å². The Labute approximate surface area is 159 Å². The number of rotatable bonds is 3. The summed E-state index contributed by atoms with van der Waals surface area (Å²) in [7, 11) is 0. The van der Waals surface area contributed by atoms with Gasteiger partial charge in [0.25, 0.3) is 5.91 Å². The molecule has 0 unspecified atom stereocenters. The number of hydrogen-bond acceptors (Lipinski definition) is 3. The normalized spacial score (nSPS) is 18.4. The summed E-state index contributed by atoms with van der Waals surface area (Å²) in [6.07, 6.45) is 4.98. The molecular formula is C18H25Cl2N3O2. The third-order valence-corrected chi connectivity index (χ3v) is 5.13. The Morgan fingerprint density at radius 2 is 1.80 bits per heavy atom. The molecule has 0 bridgehead atoms. The fourth-order valence-corrected chi connectivity index (χ4v) is 3.62. The van der Waals surface area contributed by atoms with Crippen LogP contribution in [0.4, 0.5) is 5.69 Å². The minimum absolute atomic E-state index is 0. The van der Waals surface area contributed by atoms with Gasteiger partial charge in [-0.25, -0.2) is 0 Å². The van der Waals surface area contributed by atoms with Gasteiger partial charge in [0.1, 0.15) is 0 Å². The fourth-order valence-electron chi connectivity index (χ4n) is 3.36. The van der Waals surface area contributed by atoms with E-state index in [1.54, 1.807) is 18.2 Å². The van der Waals surface area contributed by atoms with Crippen molar-refractivity contribution in [1.29, 1.82) is 0 Å². The first-order valence-corrected chi connectivity index (χ1v) is 9.13. The second-order valence-electron chi connectivity index (χ2n) is 6.56. The van der Waals surface area contributed by atoms with Crippen molar-refractivity contribution >= 4 is 41.5 Å². The Kier molecular flexibility index (Phi) is 7.54. The lowest BCUT2D eigenvalue weighted by atomic mass is 9.97. The van der Waals surface area contributed by atoms with Crippen LogP contribution < -0.4 is 10.6 Å². The van der Waals surface area contributed by atoms with Gasteiger partial charge in [-0.15, -0.1) is 12.4 Å². The van der Waals surface area contributed by atoms with Crippen LogP contribution in [0.5, 0.6) is 0 Å². The van der Waals surface area contributed by atoms with Gasteiger partial charge in [-0.1, -0.05) is 11.6 Å². The number of hydrogen-bond donors (Lipinski definition) is 2. The third kappa shape index (κ3) is 5.09. The van der Waals surface area contributed by atoms with Gasteiger partial charge in [0.05, 0.1) is 10.6 Å². The van der Waals surface area contributed by atoms with E-state index < -0.39 is 0 Å². The van der Waals surface area contributed by atoms with E-state index in [0.717, 1.165) is 51.9 Å². The summed E-state index contributed by atoms with van der Waals surface area (Å²) in [6, 6.07) is 5.16. The van der Waals surface area contributed by atoms with Gasteiger partial charge < -0.3 is 15.5 Å². The molecule has 5 nitrogen and oxygen atoms in total. The first kappa shape index (κ1) is 20.0. The summed E-state index contributed by atoms with van der Waals surface area (Å²) >= 11 is 6.30. The Bertz CT molecular complexity index is 612. The number of nitrogens with one attached hydrogen (secondary N) is 2. The van der Waals surface area contributed by atoms with Crippen LogP contribution in [0, 0.1) is 5.92 Å². The molecular weight excluding hydrogens is 361 g/mol. The molecule has 1 aromatic rings. The summed E-state index contributed by atoms with van der Waals surface area (Å²) < 4.78 is 0. The minimum Gasteiger partial charge on any atom is -0.339 e. The molecule has 0 aliphatic carbocycles. The predicted molar refractivity (Wildman–Crippen MR) is 103 cm³/mol. The van der Waals surface area contributed by atoms with Crippen molar-refractivity contribution in [2.75, 3.05) is 31.5 Å². The van der Waals surface area contributed by atoms with E-state index in [0.29, 0.717) is 16.3 Å². The molecule has 138 valence electrons. The first-order chi connectivity index (χ1) is 11.6. The molecule has 2 aliphatic rings. The van der Waals surface area contributed by atoms with Gasteiger partial charge in [0, 0.05) is 24.7 Å². The number of likely N-dealkylation sites (tertiary alicyclic amines) is 1. The van der Waals surface area contributed by atoms with Crippen LogP contribution in [0.3, 0.4) is 0 Å². The smallest absolute Gasteiger partial charge is 0.255 e. The highest BCUT2D eigenvalue weighted by atomic mass is 35.5. The summed E-state index contributed by atoms with van der Waals surface area (Å²) in [5.74, 6) is 0.0540. The summed E-state index contributed by atoms with van der Waals surface area (Å²) in [6.45, 7) is 3.34. The molecule has 1 aromatic carbocycles. The van der Waals surface area contributed by atoms with E-state index in [2.05, 4.69) is 10.6 Å². The largest absolute Gasteiger partial charge is 0.339 e. The van der Waals surface area contributed by atoms with Crippen molar-refractivity contribution in [1.82, 2.24) is 10.2 Å². The second kappa shape index (κ2) is 9.41. The fraction of sp³-hybridized carbons (Fsp3) is 0.556. The highest BCUT2D eigenvalue weighted by molar-refractivity contribution is 6.34. The predicted octanol–water partition coefficient (Wildman–Crippen LogP) is 3.33. The summed E-state index contributed by atoms with van der Waals surface area (Å²) in [5.41, 5.74) is 1.16. The number of halogens is 2. The van der Waals surface area contributed by atoms with Crippen LogP contribution >= 0.6 is 24.0 Å². The van der Waals surface area contributed by atoms with Crippen LogP contribution in [0.1, 0.15) is 42.5 Å². The van der Waals surface area contributed by atoms with Crippen LogP contribution in [0.2, 0.25) is 5.02 Å². The van der Waals surface area contributed by atoms with Crippen molar-refractivity contribution in [3.05, 3.63) is 28.8 Å². The van der Waals surface area contributed by atoms with Crippen molar-refractivity contribution in [3.63, 3.8) is 0 Å². The lowest BCUT2D eigenvalue weighted by molar-refractivity contribution is -0.120. The quantitative estimate of drug-likeness (QED) is 0.838. The lowest BCUT2D eigenvalue weighted by Crippen LogP contribution is -2.36. The van der Waals surface area contributed by atoms with Gasteiger partial charge in [-0.05, 0) is 63.4 Å². The molecule has 2 saturated heterocycles. The SMILES string of the molecule is Cl.O=C(Nc1ccc(C(=O)N2CCCCC2)c(Cl)c1)C1CCNCC1. The molecule has 2 amide bonds. The Morgan fingerprint density at radius 1 is 1.12 bits per heavy atom. The van der Waals surface area contributed by atoms with E-state index in [1.165, 1.54) is 6.42 Å². The van der Waals surface area contributed by atoms with Crippen molar-refractivity contribution in [2.45, 2.75) is 32.1 Å². The van der Waals surface area contributed by atoms with Crippen LogP contribution in [-0.2, 0) is 4.79 Å². The molecule has 0 radical (unpaired) electrons. The number of anilines is 1. The zero-order valence-electron chi connectivity index (χ0n) is 14.2. The molecule has 7 heteroatoms. The van der Waals surface area contributed by atoms with E-state index in [-0.39, 0.29) is 30.1 Å². The Morgan fingerprint density at radius 3 is 2.44 bits per heavy atom. The summed E-state index contributed by atoms with van der Waals surface area (Å²) in [4.78, 5) is 26.7. The molecule has 0 spiro atoms. The van der Waals surface area contributed by atoms with E-state index in [4.69, 9.17) is 11.6 Å². The van der Waals surface area contributed by atoms with Crippen molar-refractivity contribution in [3.8, 4) is 0 Å².